The van der Waals surface area contributed by atoms with E-state index in [1.54, 1.807) is 37.3 Å². The van der Waals surface area contributed by atoms with Crippen molar-refractivity contribution in [2.24, 2.45) is 4.99 Å². The van der Waals surface area contributed by atoms with Gasteiger partial charge in [-0.2, -0.15) is 0 Å². The Morgan fingerprint density at radius 1 is 1.14 bits per heavy atom. The quantitative estimate of drug-likeness (QED) is 0.385. The van der Waals surface area contributed by atoms with Crippen LogP contribution >= 0.6 is 0 Å². The third-order valence-electron chi connectivity index (χ3n) is 4.09. The molecule has 28 heavy (non-hydrogen) atoms. The summed E-state index contributed by atoms with van der Waals surface area (Å²) in [6, 6.07) is 16.2. The summed E-state index contributed by atoms with van der Waals surface area (Å²) in [6.45, 7) is 1.70. The van der Waals surface area contributed by atoms with Crippen LogP contribution in [0, 0.1) is 12.1 Å². The minimum Gasteiger partial charge on any atom is -0.485 e. The van der Waals surface area contributed by atoms with Gasteiger partial charge in [0.2, 0.25) is 17.3 Å². The SMILES string of the molecule is Cc1no[n+]([O-])c1COc1ccc(/C=C2\N=C(c3ccccc3)OC2=O)cc1. The molecule has 2 heterocycles. The number of rotatable bonds is 5. The van der Waals surface area contributed by atoms with Crippen LogP contribution in [0.2, 0.25) is 0 Å². The van der Waals surface area contributed by atoms with Crippen molar-refractivity contribution in [2.45, 2.75) is 13.5 Å². The third-order valence-corrected chi connectivity index (χ3v) is 4.09. The van der Waals surface area contributed by atoms with Gasteiger partial charge in [0.15, 0.2) is 12.3 Å². The van der Waals surface area contributed by atoms with E-state index in [0.29, 0.717) is 22.0 Å². The predicted octanol–water partition coefficient (Wildman–Crippen LogP) is 2.54. The fraction of sp³-hybridized carbons (Fsp3) is 0.100. The fourth-order valence-electron chi connectivity index (χ4n) is 2.57. The van der Waals surface area contributed by atoms with Crippen molar-refractivity contribution in [2.75, 3.05) is 0 Å². The molecular weight excluding hydrogens is 362 g/mol. The molecule has 1 aliphatic heterocycles. The first-order chi connectivity index (χ1) is 13.6. The number of nitrogens with zero attached hydrogens (tertiary/aromatic N) is 3. The van der Waals surface area contributed by atoms with E-state index in [2.05, 4.69) is 14.8 Å². The molecule has 4 rings (SSSR count). The molecule has 8 heteroatoms. The zero-order chi connectivity index (χ0) is 19.5. The predicted molar refractivity (Wildman–Crippen MR) is 98.0 cm³/mol. The number of carbonyl (C=O) groups excluding carboxylic acids is 1. The number of aryl methyl sites for hydroxylation is 1. The highest BCUT2D eigenvalue weighted by atomic mass is 16.8. The summed E-state index contributed by atoms with van der Waals surface area (Å²) in [7, 11) is 0. The summed E-state index contributed by atoms with van der Waals surface area (Å²) in [5.41, 5.74) is 2.51. The average molecular weight is 377 g/mol. The first-order valence-corrected chi connectivity index (χ1v) is 8.46. The van der Waals surface area contributed by atoms with Gasteiger partial charge in [0.25, 0.3) is 0 Å². The lowest BCUT2D eigenvalue weighted by molar-refractivity contribution is -0.808. The van der Waals surface area contributed by atoms with Gasteiger partial charge in [0.05, 0.1) is 0 Å². The maximum absolute atomic E-state index is 12.1. The van der Waals surface area contributed by atoms with Crippen molar-refractivity contribution in [3.63, 3.8) is 0 Å². The van der Waals surface area contributed by atoms with E-state index >= 15 is 0 Å². The van der Waals surface area contributed by atoms with Crippen molar-refractivity contribution in [1.82, 2.24) is 5.16 Å². The van der Waals surface area contributed by atoms with Crippen LogP contribution < -0.4 is 9.64 Å². The molecule has 0 spiro atoms. The molecule has 0 atom stereocenters. The van der Waals surface area contributed by atoms with Crippen LogP contribution in [-0.2, 0) is 16.1 Å². The summed E-state index contributed by atoms with van der Waals surface area (Å²) < 4.78 is 15.3. The lowest BCUT2D eigenvalue weighted by atomic mass is 10.2. The number of hydrogen-bond acceptors (Lipinski definition) is 7. The lowest BCUT2D eigenvalue weighted by Crippen LogP contribution is -2.29. The van der Waals surface area contributed by atoms with E-state index in [1.807, 2.05) is 30.3 Å². The highest BCUT2D eigenvalue weighted by Crippen LogP contribution is 2.21. The molecular formula is C20H15N3O5. The Labute approximate surface area is 159 Å². The highest BCUT2D eigenvalue weighted by molar-refractivity contribution is 6.12. The van der Waals surface area contributed by atoms with Gasteiger partial charge in [-0.25, -0.2) is 9.79 Å². The molecule has 1 aromatic heterocycles. The fourth-order valence-corrected chi connectivity index (χ4v) is 2.57. The summed E-state index contributed by atoms with van der Waals surface area (Å²) in [5, 5.41) is 15.0. The Balaban J connectivity index is 1.47. The lowest BCUT2D eigenvalue weighted by Gasteiger charge is -2.04. The highest BCUT2D eigenvalue weighted by Gasteiger charge is 2.23. The Bertz CT molecular complexity index is 1050. The largest absolute Gasteiger partial charge is 0.485 e. The van der Waals surface area contributed by atoms with Crippen LogP contribution in [0.3, 0.4) is 0 Å². The van der Waals surface area contributed by atoms with Gasteiger partial charge >= 0.3 is 5.97 Å². The second kappa shape index (κ2) is 7.36. The molecule has 0 saturated heterocycles. The van der Waals surface area contributed by atoms with E-state index in [9.17, 15) is 10.0 Å². The molecule has 0 aliphatic carbocycles. The number of hydrogen-bond donors (Lipinski definition) is 0. The Morgan fingerprint density at radius 2 is 1.89 bits per heavy atom. The summed E-state index contributed by atoms with van der Waals surface area (Å²) in [4.78, 5) is 16.6. The first-order valence-electron chi connectivity index (χ1n) is 8.46. The molecule has 0 saturated carbocycles. The molecule has 0 bridgehead atoms. The van der Waals surface area contributed by atoms with Gasteiger partial charge in [-0.05, 0) is 40.8 Å². The average Bonchev–Trinajstić information content (AvgIpc) is 3.24. The maximum atomic E-state index is 12.1. The second-order valence-electron chi connectivity index (χ2n) is 6.02. The van der Waals surface area contributed by atoms with Gasteiger partial charge in [-0.15, -0.1) is 0 Å². The van der Waals surface area contributed by atoms with Crippen LogP contribution in [0.15, 0.2) is 69.9 Å². The molecule has 8 nitrogen and oxygen atoms in total. The summed E-state index contributed by atoms with van der Waals surface area (Å²) in [5.74, 6) is 0.346. The monoisotopic (exact) mass is 377 g/mol. The van der Waals surface area contributed by atoms with Crippen LogP contribution in [0.5, 0.6) is 5.75 Å². The number of benzene rings is 2. The number of cyclic esters (lactones) is 1. The smallest absolute Gasteiger partial charge is 0.363 e. The normalized spacial score (nSPS) is 14.8. The maximum Gasteiger partial charge on any atom is 0.363 e. The standard InChI is InChI=1S/C20H15N3O5/c1-13-18(23(25)28-22-13)12-26-16-9-7-14(8-10-16)11-17-20(24)27-19(21-17)15-5-3-2-4-6-15/h2-11H,12H2,1H3/b17-11-. The third kappa shape index (κ3) is 3.61. The molecule has 3 aromatic rings. The Hall–Kier alpha value is -3.94. The van der Waals surface area contributed by atoms with Crippen molar-refractivity contribution in [3.05, 3.63) is 88.0 Å². The van der Waals surface area contributed by atoms with E-state index < -0.39 is 5.97 Å². The van der Waals surface area contributed by atoms with Crippen LogP contribution in [0.4, 0.5) is 0 Å². The summed E-state index contributed by atoms with van der Waals surface area (Å²) in [6.07, 6.45) is 1.64. The number of esters is 1. The molecule has 2 aromatic carbocycles. The van der Waals surface area contributed by atoms with E-state index in [-0.39, 0.29) is 18.2 Å². The van der Waals surface area contributed by atoms with Crippen molar-refractivity contribution in [1.29, 1.82) is 0 Å². The van der Waals surface area contributed by atoms with E-state index in [0.717, 1.165) is 11.1 Å². The van der Waals surface area contributed by atoms with Crippen molar-refractivity contribution < 1.29 is 23.8 Å². The van der Waals surface area contributed by atoms with E-state index in [4.69, 9.17) is 9.47 Å². The zero-order valence-corrected chi connectivity index (χ0v) is 14.9. The van der Waals surface area contributed by atoms with Gasteiger partial charge in [-0.3, -0.25) is 4.63 Å². The number of aromatic nitrogens is 2. The van der Waals surface area contributed by atoms with Crippen LogP contribution in [0.1, 0.15) is 22.5 Å². The zero-order valence-electron chi connectivity index (χ0n) is 14.9. The van der Waals surface area contributed by atoms with Crippen molar-refractivity contribution in [3.8, 4) is 5.75 Å². The van der Waals surface area contributed by atoms with Crippen LogP contribution in [0.25, 0.3) is 6.08 Å². The Kier molecular flexibility index (Phi) is 4.59. The Morgan fingerprint density at radius 3 is 2.57 bits per heavy atom. The molecule has 140 valence electrons. The van der Waals surface area contributed by atoms with Gasteiger partial charge in [0, 0.05) is 17.6 Å². The number of carbonyl (C=O) groups is 1. The number of aliphatic imine (C=N–C) groups is 1. The molecule has 0 N–H and O–H groups in total. The van der Waals surface area contributed by atoms with Gasteiger partial charge in [0.1, 0.15) is 5.75 Å². The van der Waals surface area contributed by atoms with Gasteiger partial charge in [-0.1, -0.05) is 30.3 Å². The van der Waals surface area contributed by atoms with E-state index in [1.165, 1.54) is 0 Å². The molecule has 0 radical (unpaired) electrons. The number of ether oxygens (including phenoxy) is 2. The summed E-state index contributed by atoms with van der Waals surface area (Å²) >= 11 is 0. The minimum absolute atomic E-state index is 0.0380. The molecule has 0 unspecified atom stereocenters. The first kappa shape index (κ1) is 17.5. The van der Waals surface area contributed by atoms with Crippen molar-refractivity contribution >= 4 is 17.9 Å². The molecule has 0 fully saturated rings. The second-order valence-corrected chi connectivity index (χ2v) is 6.02. The molecule has 1 aliphatic rings. The minimum atomic E-state index is -0.498. The molecule has 0 amide bonds. The van der Waals surface area contributed by atoms with Crippen LogP contribution in [-0.4, -0.2) is 17.0 Å². The topological polar surface area (TPSA) is 101 Å². The van der Waals surface area contributed by atoms with Gasteiger partial charge < -0.3 is 14.7 Å².